The number of imidazole rings is 1. The summed E-state index contributed by atoms with van der Waals surface area (Å²) in [5.41, 5.74) is 4.85. The van der Waals surface area contributed by atoms with Gasteiger partial charge in [-0.2, -0.15) is 15.1 Å². The first-order valence-electron chi connectivity index (χ1n) is 15.8. The van der Waals surface area contributed by atoms with Gasteiger partial charge in [0.05, 0.1) is 25.8 Å². The highest BCUT2D eigenvalue weighted by Gasteiger charge is 2.55. The third-order valence-electron chi connectivity index (χ3n) is 7.96. The van der Waals surface area contributed by atoms with Gasteiger partial charge in [-0.3, -0.25) is 18.9 Å². The number of aromatic nitrogens is 5. The summed E-state index contributed by atoms with van der Waals surface area (Å²) in [4.78, 5) is 30.4. The number of anilines is 1. The number of nitrogens with one attached hydrogen (secondary N) is 1. The first kappa shape index (κ1) is 36.4. The van der Waals surface area contributed by atoms with Gasteiger partial charge in [-0.25, -0.2) is 9.55 Å². The van der Waals surface area contributed by atoms with Crippen LogP contribution >= 0.6 is 7.75 Å². The van der Waals surface area contributed by atoms with Crippen LogP contribution < -0.4 is 20.1 Å². The molecule has 0 amide bonds. The highest BCUT2D eigenvalue weighted by molar-refractivity contribution is 7.52. The predicted octanol–water partition coefficient (Wildman–Crippen LogP) is 3.69. The molecule has 0 spiro atoms. The number of ether oxygens (including phenoxy) is 3. The Labute approximate surface area is 283 Å². The average molecular weight is 702 g/mol. The van der Waals surface area contributed by atoms with Crippen LogP contribution in [-0.2, 0) is 23.4 Å². The van der Waals surface area contributed by atoms with Crippen molar-refractivity contribution < 1.29 is 42.8 Å². The normalized spacial score (nSPS) is 23.1. The lowest BCUT2D eigenvalue weighted by molar-refractivity contribution is -0.149. The highest BCUT2D eigenvalue weighted by atomic mass is 31.2. The maximum Gasteiger partial charge on any atom is 0.459 e. The predicted molar refractivity (Wildman–Crippen MR) is 180 cm³/mol. The Morgan fingerprint density at radius 1 is 1.22 bits per heavy atom. The average Bonchev–Trinajstić information content (AvgIpc) is 3.47. The number of carbonyl (C=O) groups is 1. The smallest absolute Gasteiger partial charge is 0.459 e. The Hall–Kier alpha value is -3.92. The summed E-state index contributed by atoms with van der Waals surface area (Å²) in [6, 6.07) is 7.38. The zero-order chi connectivity index (χ0) is 35.9. The molecule has 3 aromatic heterocycles. The lowest BCUT2D eigenvalue weighted by Gasteiger charge is -2.29. The molecule has 0 aliphatic carbocycles. The number of benzene rings is 1. The van der Waals surface area contributed by atoms with Crippen LogP contribution in [0.2, 0.25) is 0 Å². The second-order valence-corrected chi connectivity index (χ2v) is 15.4. The van der Waals surface area contributed by atoms with Crippen molar-refractivity contribution in [2.24, 2.45) is 11.3 Å². The Morgan fingerprint density at radius 3 is 2.63 bits per heavy atom. The molecule has 17 heteroatoms. The maximum atomic E-state index is 14.6. The monoisotopic (exact) mass is 701 g/mol. The topological polar surface area (TPSA) is 215 Å². The molecule has 6 unspecified atom stereocenters. The fourth-order valence-corrected chi connectivity index (χ4v) is 7.04. The number of nitrogens with zero attached hydrogens (tertiary/aromatic N) is 5. The molecule has 1 saturated heterocycles. The number of aryl methyl sites for hydroxylation is 1. The van der Waals surface area contributed by atoms with Crippen molar-refractivity contribution >= 4 is 41.7 Å². The van der Waals surface area contributed by atoms with Crippen molar-refractivity contribution in [1.82, 2.24) is 29.6 Å². The molecule has 0 saturated carbocycles. The number of nitrogen functional groups attached to an aromatic ring is 1. The molecule has 4 heterocycles. The van der Waals surface area contributed by atoms with Gasteiger partial charge in [0.25, 0.3) is 0 Å². The first-order valence-corrected chi connectivity index (χ1v) is 17.3. The van der Waals surface area contributed by atoms with Crippen molar-refractivity contribution in [3.63, 3.8) is 0 Å². The van der Waals surface area contributed by atoms with Gasteiger partial charge in [0.15, 0.2) is 17.4 Å². The number of rotatable bonds is 12. The second kappa shape index (κ2) is 13.8. The molecular formula is C32H44N7O9P. The Kier molecular flexibility index (Phi) is 10.2. The minimum absolute atomic E-state index is 0.0991. The summed E-state index contributed by atoms with van der Waals surface area (Å²) in [7, 11) is -3.02. The molecule has 1 aromatic carbocycles. The Morgan fingerprint density at radius 2 is 1.96 bits per heavy atom. The highest BCUT2D eigenvalue weighted by Crippen LogP contribution is 2.48. The number of methoxy groups -OCH3 is 1. The van der Waals surface area contributed by atoms with Crippen molar-refractivity contribution in [1.29, 1.82) is 0 Å². The number of carbonyl (C=O) groups excluding carboxylic acids is 1. The molecule has 266 valence electrons. The largest absolute Gasteiger partial charge is 0.479 e. The van der Waals surface area contributed by atoms with Gasteiger partial charge < -0.3 is 34.7 Å². The number of pyridine rings is 1. The Bertz CT molecular complexity index is 1880. The van der Waals surface area contributed by atoms with Gasteiger partial charge in [-0.15, -0.1) is 0 Å². The molecular weight excluding hydrogens is 657 g/mol. The number of hydrogen-bond donors (Lipinski definition) is 4. The van der Waals surface area contributed by atoms with Gasteiger partial charge in [0, 0.05) is 11.6 Å². The number of hydrogen-bond acceptors (Lipinski definition) is 14. The molecule has 16 nitrogen and oxygen atoms in total. The number of fused-ring (bicyclic) bond motifs is 2. The molecule has 1 aliphatic heterocycles. The van der Waals surface area contributed by atoms with Crippen molar-refractivity contribution in [3.8, 4) is 11.6 Å². The molecule has 5 N–H and O–H groups in total. The summed E-state index contributed by atoms with van der Waals surface area (Å²) >= 11 is 0. The third-order valence-corrected chi connectivity index (χ3v) is 9.49. The van der Waals surface area contributed by atoms with Crippen LogP contribution in [-0.4, -0.2) is 84.9 Å². The SMILES string of the molecule is COc1nc(N)nc2c1nc(C)n2C1OC(COP(=O)(NC(C(=O)OCC(C)(C)C)C(C)C)Oc2ccc3ncccc3c2)C(O)C1(C)O. The van der Waals surface area contributed by atoms with E-state index in [2.05, 4.69) is 25.0 Å². The van der Waals surface area contributed by atoms with E-state index in [9.17, 15) is 19.6 Å². The van der Waals surface area contributed by atoms with E-state index in [0.717, 1.165) is 0 Å². The lowest BCUT2D eigenvalue weighted by Crippen LogP contribution is -2.45. The molecule has 49 heavy (non-hydrogen) atoms. The Balaban J connectivity index is 1.44. The van der Waals surface area contributed by atoms with E-state index >= 15 is 0 Å². The van der Waals surface area contributed by atoms with Gasteiger partial charge in [-0.05, 0) is 49.4 Å². The molecule has 0 bridgehead atoms. The van der Waals surface area contributed by atoms with Gasteiger partial charge in [0.2, 0.25) is 11.8 Å². The zero-order valence-corrected chi connectivity index (χ0v) is 29.7. The number of esters is 1. The van der Waals surface area contributed by atoms with E-state index in [4.69, 9.17) is 29.0 Å². The van der Waals surface area contributed by atoms with Crippen LogP contribution in [0.5, 0.6) is 11.6 Å². The summed E-state index contributed by atoms with van der Waals surface area (Å²) in [5, 5.41) is 26.4. The van der Waals surface area contributed by atoms with Gasteiger partial charge in [-0.1, -0.05) is 40.7 Å². The van der Waals surface area contributed by atoms with Crippen LogP contribution in [0.15, 0.2) is 36.5 Å². The molecule has 6 atom stereocenters. The number of aliphatic hydroxyl groups is 2. The zero-order valence-electron chi connectivity index (χ0n) is 28.8. The van der Waals surface area contributed by atoms with Crippen LogP contribution in [0.1, 0.15) is 53.6 Å². The summed E-state index contributed by atoms with van der Waals surface area (Å²) in [6.07, 6.45) is -2.37. The minimum atomic E-state index is -4.43. The van der Waals surface area contributed by atoms with E-state index in [1.54, 1.807) is 51.2 Å². The molecule has 1 aliphatic rings. The van der Waals surface area contributed by atoms with Crippen LogP contribution in [0.4, 0.5) is 5.95 Å². The third kappa shape index (κ3) is 7.79. The molecule has 4 aromatic rings. The van der Waals surface area contributed by atoms with Gasteiger partial charge >= 0.3 is 13.7 Å². The second-order valence-electron chi connectivity index (χ2n) is 13.8. The summed E-state index contributed by atoms with van der Waals surface area (Å²) < 4.78 is 45.0. The van der Waals surface area contributed by atoms with E-state index in [1.807, 2.05) is 26.8 Å². The quantitative estimate of drug-likeness (QED) is 0.122. The van der Waals surface area contributed by atoms with E-state index in [-0.39, 0.29) is 40.8 Å². The first-order chi connectivity index (χ1) is 22.9. The van der Waals surface area contributed by atoms with Crippen molar-refractivity contribution in [2.75, 3.05) is 26.1 Å². The number of nitrogens with two attached hydrogens (primary N) is 1. The fraction of sp³-hybridized carbons (Fsp3) is 0.531. The minimum Gasteiger partial charge on any atom is -0.479 e. The van der Waals surface area contributed by atoms with E-state index in [0.29, 0.717) is 16.7 Å². The summed E-state index contributed by atoms with van der Waals surface area (Å²) in [6.45, 7) is 11.9. The van der Waals surface area contributed by atoms with Gasteiger partial charge in [0.1, 0.15) is 35.4 Å². The van der Waals surface area contributed by atoms with Crippen molar-refractivity contribution in [2.45, 2.75) is 78.5 Å². The van der Waals surface area contributed by atoms with Crippen LogP contribution in [0.3, 0.4) is 0 Å². The van der Waals surface area contributed by atoms with Crippen LogP contribution in [0, 0.1) is 18.3 Å². The van der Waals surface area contributed by atoms with Crippen LogP contribution in [0.25, 0.3) is 22.1 Å². The maximum absolute atomic E-state index is 14.6. The number of aliphatic hydroxyl groups excluding tert-OH is 1. The molecule has 0 radical (unpaired) electrons. The standard InChI is InChI=1S/C32H44N7O9P/c1-17(2)23(28(41)45-16-31(4,5)6)38-49(43,48-20-11-12-21-19(14-20)10-9-13-34-21)46-15-22-25(40)32(7,42)29(47-22)39-18(3)35-24-26(39)36-30(33)37-27(24)44-8/h9-14,17,22-23,25,29,40,42H,15-16H2,1-8H3,(H,38,43)(H2,33,36,37). The van der Waals surface area contributed by atoms with E-state index in [1.165, 1.54) is 18.6 Å². The lowest BCUT2D eigenvalue weighted by atomic mass is 9.96. The molecule has 1 fully saturated rings. The van der Waals surface area contributed by atoms with Crippen molar-refractivity contribution in [3.05, 3.63) is 42.4 Å². The fourth-order valence-electron chi connectivity index (χ4n) is 5.38. The summed E-state index contributed by atoms with van der Waals surface area (Å²) in [5.74, 6) is -0.473. The molecule has 5 rings (SSSR count). The van der Waals surface area contributed by atoms with E-state index < -0.39 is 56.3 Å².